The average molecular weight is 404 g/mol. The lowest BCUT2D eigenvalue weighted by Crippen LogP contribution is -2.56. The van der Waals surface area contributed by atoms with Gasteiger partial charge in [-0.15, -0.1) is 0 Å². The summed E-state index contributed by atoms with van der Waals surface area (Å²) in [7, 11) is 0. The van der Waals surface area contributed by atoms with E-state index in [1.165, 1.54) is 17.8 Å². The summed E-state index contributed by atoms with van der Waals surface area (Å²) < 4.78 is 0. The minimum atomic E-state index is 0.0967. The van der Waals surface area contributed by atoms with Crippen LogP contribution in [0, 0.1) is 0 Å². The quantitative estimate of drug-likeness (QED) is 0.706. The number of likely N-dealkylation sites (tertiary alicyclic amines) is 1. The molecule has 7 nitrogen and oxygen atoms in total. The van der Waals surface area contributed by atoms with Crippen molar-refractivity contribution in [1.82, 2.24) is 34.7 Å². The van der Waals surface area contributed by atoms with Gasteiger partial charge in [-0.25, -0.2) is 15.0 Å². The number of aromatic nitrogens is 5. The predicted octanol–water partition coefficient (Wildman–Crippen LogP) is 3.02. The molecule has 1 N–H and O–H groups in total. The SMILES string of the molecule is CCCN1CCc2[nH]cnc2C12CCN(Cc1cnc(-c3ccccn3)nc1)CC2. The van der Waals surface area contributed by atoms with Crippen LogP contribution in [0.1, 0.15) is 43.1 Å². The van der Waals surface area contributed by atoms with Crippen molar-refractivity contribution in [3.05, 3.63) is 60.1 Å². The van der Waals surface area contributed by atoms with Crippen LogP contribution in [0.5, 0.6) is 0 Å². The first-order valence-corrected chi connectivity index (χ1v) is 11.0. The molecule has 1 spiro atoms. The summed E-state index contributed by atoms with van der Waals surface area (Å²) in [4.78, 5) is 26.8. The van der Waals surface area contributed by atoms with Gasteiger partial charge in [-0.3, -0.25) is 14.8 Å². The Kier molecular flexibility index (Phi) is 5.31. The summed E-state index contributed by atoms with van der Waals surface area (Å²) in [5.74, 6) is 0.681. The van der Waals surface area contributed by atoms with Crippen LogP contribution >= 0.6 is 0 Å². The zero-order valence-corrected chi connectivity index (χ0v) is 17.6. The summed E-state index contributed by atoms with van der Waals surface area (Å²) in [6.07, 6.45) is 12.1. The molecule has 1 saturated heterocycles. The minimum absolute atomic E-state index is 0.0967. The molecule has 0 saturated carbocycles. The number of aromatic amines is 1. The number of rotatable bonds is 5. The number of imidazole rings is 1. The van der Waals surface area contributed by atoms with Crippen LogP contribution in [0.15, 0.2) is 43.1 Å². The number of hydrogen-bond acceptors (Lipinski definition) is 6. The lowest BCUT2D eigenvalue weighted by molar-refractivity contribution is 0.00348. The van der Waals surface area contributed by atoms with Gasteiger partial charge in [0.25, 0.3) is 0 Å². The lowest BCUT2D eigenvalue weighted by Gasteiger charge is -2.50. The molecule has 0 amide bonds. The van der Waals surface area contributed by atoms with Crippen molar-refractivity contribution in [1.29, 1.82) is 0 Å². The second-order valence-corrected chi connectivity index (χ2v) is 8.40. The Morgan fingerprint density at radius 1 is 1.03 bits per heavy atom. The van der Waals surface area contributed by atoms with Crippen molar-refractivity contribution in [3.63, 3.8) is 0 Å². The molecular formula is C23H29N7. The van der Waals surface area contributed by atoms with Crippen molar-refractivity contribution < 1.29 is 0 Å². The number of nitrogens with zero attached hydrogens (tertiary/aromatic N) is 6. The molecule has 5 rings (SSSR count). The number of piperidine rings is 1. The third-order valence-corrected chi connectivity index (χ3v) is 6.58. The molecule has 5 heterocycles. The summed E-state index contributed by atoms with van der Waals surface area (Å²) in [6.45, 7) is 7.57. The zero-order chi connectivity index (χ0) is 20.4. The third kappa shape index (κ3) is 3.52. The number of fused-ring (bicyclic) bond motifs is 2. The van der Waals surface area contributed by atoms with Gasteiger partial charge in [0.05, 0.1) is 17.6 Å². The number of hydrogen-bond donors (Lipinski definition) is 1. The van der Waals surface area contributed by atoms with Crippen LogP contribution in [0.2, 0.25) is 0 Å². The van der Waals surface area contributed by atoms with Crippen LogP contribution in [0.4, 0.5) is 0 Å². The Morgan fingerprint density at radius 2 is 1.87 bits per heavy atom. The van der Waals surface area contributed by atoms with Gasteiger partial charge in [-0.05, 0) is 37.9 Å². The van der Waals surface area contributed by atoms with Crippen LogP contribution in [-0.2, 0) is 18.5 Å². The van der Waals surface area contributed by atoms with Crippen molar-refractivity contribution in [2.24, 2.45) is 0 Å². The fourth-order valence-corrected chi connectivity index (χ4v) is 5.07. The molecule has 2 aliphatic heterocycles. The van der Waals surface area contributed by atoms with Gasteiger partial charge in [-0.2, -0.15) is 0 Å². The second-order valence-electron chi connectivity index (χ2n) is 8.40. The average Bonchev–Trinajstić information content (AvgIpc) is 3.29. The van der Waals surface area contributed by atoms with E-state index in [1.54, 1.807) is 6.20 Å². The molecule has 2 aliphatic rings. The topological polar surface area (TPSA) is 73.8 Å². The van der Waals surface area contributed by atoms with Crippen molar-refractivity contribution in [2.45, 2.75) is 44.7 Å². The maximum absolute atomic E-state index is 4.77. The molecular weight excluding hydrogens is 374 g/mol. The van der Waals surface area contributed by atoms with Gasteiger partial charge < -0.3 is 4.98 Å². The van der Waals surface area contributed by atoms with Gasteiger partial charge in [0.1, 0.15) is 5.69 Å². The fourth-order valence-electron chi connectivity index (χ4n) is 5.07. The van der Waals surface area contributed by atoms with Crippen LogP contribution in [0.3, 0.4) is 0 Å². The van der Waals surface area contributed by atoms with Gasteiger partial charge in [0.2, 0.25) is 0 Å². The highest BCUT2D eigenvalue weighted by molar-refractivity contribution is 5.47. The van der Waals surface area contributed by atoms with E-state index >= 15 is 0 Å². The molecule has 156 valence electrons. The molecule has 0 atom stereocenters. The zero-order valence-electron chi connectivity index (χ0n) is 17.6. The molecule has 3 aromatic rings. The third-order valence-electron chi connectivity index (χ3n) is 6.58. The van der Waals surface area contributed by atoms with Crippen LogP contribution in [0.25, 0.3) is 11.5 Å². The number of H-pyrrole nitrogens is 1. The van der Waals surface area contributed by atoms with E-state index < -0.39 is 0 Å². The Balaban J connectivity index is 1.27. The summed E-state index contributed by atoms with van der Waals surface area (Å²) in [5.41, 5.74) is 4.70. The van der Waals surface area contributed by atoms with Crippen molar-refractivity contribution >= 4 is 0 Å². The van der Waals surface area contributed by atoms with E-state index in [4.69, 9.17) is 4.98 Å². The fraction of sp³-hybridized carbons (Fsp3) is 0.478. The Morgan fingerprint density at radius 3 is 2.60 bits per heavy atom. The van der Waals surface area contributed by atoms with Crippen LogP contribution < -0.4 is 0 Å². The lowest BCUT2D eigenvalue weighted by atomic mass is 9.78. The van der Waals surface area contributed by atoms with Gasteiger partial charge in [-0.1, -0.05) is 13.0 Å². The molecule has 0 unspecified atom stereocenters. The molecule has 0 aliphatic carbocycles. The molecule has 30 heavy (non-hydrogen) atoms. The molecule has 7 heteroatoms. The summed E-state index contributed by atoms with van der Waals surface area (Å²) in [6, 6.07) is 5.80. The Hall–Kier alpha value is -2.64. The first-order valence-electron chi connectivity index (χ1n) is 11.0. The maximum atomic E-state index is 4.77. The van der Waals surface area contributed by atoms with E-state index in [0.29, 0.717) is 5.82 Å². The largest absolute Gasteiger partial charge is 0.348 e. The monoisotopic (exact) mass is 403 g/mol. The van der Waals surface area contributed by atoms with Crippen molar-refractivity contribution in [2.75, 3.05) is 26.2 Å². The predicted molar refractivity (Wildman–Crippen MR) is 116 cm³/mol. The van der Waals surface area contributed by atoms with E-state index in [-0.39, 0.29) is 5.54 Å². The second kappa shape index (κ2) is 8.24. The van der Waals surface area contributed by atoms with E-state index in [9.17, 15) is 0 Å². The van der Waals surface area contributed by atoms with E-state index in [0.717, 1.165) is 63.2 Å². The van der Waals surface area contributed by atoms with Crippen molar-refractivity contribution in [3.8, 4) is 11.5 Å². The first kappa shape index (κ1) is 19.3. The molecule has 3 aromatic heterocycles. The normalized spacial score (nSPS) is 19.1. The molecule has 0 radical (unpaired) electrons. The highest BCUT2D eigenvalue weighted by atomic mass is 15.3. The number of pyridine rings is 1. The summed E-state index contributed by atoms with van der Waals surface area (Å²) >= 11 is 0. The smallest absolute Gasteiger partial charge is 0.178 e. The minimum Gasteiger partial charge on any atom is -0.348 e. The highest BCUT2D eigenvalue weighted by Crippen LogP contribution is 2.42. The molecule has 1 fully saturated rings. The standard InChI is InChI=1S/C23H29N7/c1-2-10-30-11-6-19-21(28-17-27-19)23(30)7-12-29(13-8-23)16-18-14-25-22(26-15-18)20-5-3-4-9-24-20/h3-5,9,14-15,17H,2,6-8,10-13,16H2,1H3,(H,27,28). The Bertz CT molecular complexity index is 959. The Labute approximate surface area is 177 Å². The van der Waals surface area contributed by atoms with E-state index in [1.807, 2.05) is 36.9 Å². The molecule has 0 bridgehead atoms. The van der Waals surface area contributed by atoms with Gasteiger partial charge >= 0.3 is 0 Å². The van der Waals surface area contributed by atoms with Gasteiger partial charge in [0.15, 0.2) is 5.82 Å². The highest BCUT2D eigenvalue weighted by Gasteiger charge is 2.46. The molecule has 0 aromatic carbocycles. The van der Waals surface area contributed by atoms with E-state index in [2.05, 4.69) is 36.7 Å². The maximum Gasteiger partial charge on any atom is 0.178 e. The number of nitrogens with one attached hydrogen (secondary N) is 1. The van der Waals surface area contributed by atoms with Gasteiger partial charge in [0, 0.05) is 62.4 Å². The first-order chi connectivity index (χ1) is 14.8. The summed E-state index contributed by atoms with van der Waals surface area (Å²) in [5, 5.41) is 0. The van der Waals surface area contributed by atoms with Crippen LogP contribution in [-0.4, -0.2) is 60.9 Å².